The van der Waals surface area contributed by atoms with Gasteiger partial charge < -0.3 is 10.1 Å². The van der Waals surface area contributed by atoms with Gasteiger partial charge in [-0.1, -0.05) is 74.6 Å². The molecule has 0 aromatic heterocycles. The number of nitrogens with one attached hydrogen (secondary N) is 1. The summed E-state index contributed by atoms with van der Waals surface area (Å²) in [6.45, 7) is 8.73. The van der Waals surface area contributed by atoms with Gasteiger partial charge in [-0.3, -0.25) is 4.79 Å². The first-order chi connectivity index (χ1) is 14.6. The van der Waals surface area contributed by atoms with Gasteiger partial charge >= 0.3 is 0 Å². The lowest BCUT2D eigenvalue weighted by molar-refractivity contribution is -0.133. The number of ether oxygens (including phenoxy) is 1. The molecule has 170 valence electrons. The predicted octanol–water partition coefficient (Wildman–Crippen LogP) is 7.23. The van der Waals surface area contributed by atoms with E-state index in [0.717, 1.165) is 51.4 Å². The summed E-state index contributed by atoms with van der Waals surface area (Å²) < 4.78 is 5.72. The molecule has 30 heavy (non-hydrogen) atoms. The average molecular weight is 416 g/mol. The van der Waals surface area contributed by atoms with Crippen molar-refractivity contribution in [3.8, 4) is 0 Å². The molecular weight excluding hydrogens is 370 g/mol. The van der Waals surface area contributed by atoms with Crippen LogP contribution in [0.2, 0.25) is 0 Å². The highest BCUT2D eigenvalue weighted by Crippen LogP contribution is 2.04. The molecule has 0 bridgehead atoms. The number of allylic oxidation sites excluding steroid dienone is 10. The molecule has 0 aromatic carbocycles. The van der Waals surface area contributed by atoms with Gasteiger partial charge in [0.25, 0.3) is 0 Å². The van der Waals surface area contributed by atoms with Crippen molar-refractivity contribution in [3.63, 3.8) is 0 Å². The maximum absolute atomic E-state index is 11.9. The highest BCUT2D eigenvalue weighted by Gasteiger charge is 2.16. The maximum Gasteiger partial charge on any atom is 0.249 e. The van der Waals surface area contributed by atoms with Crippen molar-refractivity contribution in [2.45, 2.75) is 97.6 Å². The van der Waals surface area contributed by atoms with Crippen molar-refractivity contribution in [2.75, 3.05) is 6.61 Å². The molecule has 1 amide bonds. The summed E-state index contributed by atoms with van der Waals surface area (Å²) in [5, 5.41) is 2.91. The second-order valence-electron chi connectivity index (χ2n) is 7.63. The molecule has 1 unspecified atom stereocenters. The molecule has 0 heterocycles. The molecule has 0 saturated heterocycles. The van der Waals surface area contributed by atoms with E-state index >= 15 is 0 Å². The molecular formula is C27H45NO2. The first-order valence-corrected chi connectivity index (χ1v) is 11.8. The standard InChI is InChI=1S/C27H45NO2/c1-5-7-8-9-10-11-12-13-14-15-16-17-18-19-20-21-22-23-24-30-26(6-2)27(29)28-25(3)4/h7-8,10-11,13-14,16-17,19-20,25-26H,5-6,9,12,15,18,21-24H2,1-4H3,(H,28,29)/b8-7-,11-10-,14-13-,17-16-,20-19-. The van der Waals surface area contributed by atoms with Crippen molar-refractivity contribution < 1.29 is 9.53 Å². The minimum Gasteiger partial charge on any atom is -0.368 e. The molecule has 0 aliphatic heterocycles. The molecule has 3 nitrogen and oxygen atoms in total. The van der Waals surface area contributed by atoms with Gasteiger partial charge in [0.15, 0.2) is 0 Å². The van der Waals surface area contributed by atoms with E-state index in [0.29, 0.717) is 13.0 Å². The summed E-state index contributed by atoms with van der Waals surface area (Å²) in [5.41, 5.74) is 0. The van der Waals surface area contributed by atoms with E-state index in [1.165, 1.54) is 0 Å². The van der Waals surface area contributed by atoms with Crippen LogP contribution in [0.3, 0.4) is 0 Å². The molecule has 0 rings (SSSR count). The number of rotatable bonds is 18. The largest absolute Gasteiger partial charge is 0.368 e. The fourth-order valence-electron chi connectivity index (χ4n) is 2.71. The number of amides is 1. The van der Waals surface area contributed by atoms with Crippen LogP contribution in [0.4, 0.5) is 0 Å². The Labute approximate surface area is 186 Å². The molecule has 0 saturated carbocycles. The Bertz CT molecular complexity index is 541. The molecule has 0 spiro atoms. The SMILES string of the molecule is CC/C=C\C/C=C\C/C=C\C/C=C\C/C=C\CCCCOC(CC)C(=O)NC(C)C. The van der Waals surface area contributed by atoms with Crippen LogP contribution >= 0.6 is 0 Å². The Hall–Kier alpha value is -1.87. The van der Waals surface area contributed by atoms with Crippen LogP contribution in [0.25, 0.3) is 0 Å². The van der Waals surface area contributed by atoms with Crippen molar-refractivity contribution >= 4 is 5.91 Å². The van der Waals surface area contributed by atoms with E-state index in [4.69, 9.17) is 4.74 Å². The van der Waals surface area contributed by atoms with Crippen LogP contribution < -0.4 is 5.32 Å². The Balaban J connectivity index is 3.63. The van der Waals surface area contributed by atoms with Gasteiger partial charge in [0.2, 0.25) is 5.91 Å². The van der Waals surface area contributed by atoms with E-state index < -0.39 is 0 Å². The van der Waals surface area contributed by atoms with Crippen molar-refractivity contribution in [2.24, 2.45) is 0 Å². The van der Waals surface area contributed by atoms with Gasteiger partial charge in [-0.2, -0.15) is 0 Å². The first kappa shape index (κ1) is 28.1. The normalized spacial score (nSPS) is 13.8. The topological polar surface area (TPSA) is 38.3 Å². The third-order valence-corrected chi connectivity index (χ3v) is 4.34. The third kappa shape index (κ3) is 19.4. The predicted molar refractivity (Wildman–Crippen MR) is 132 cm³/mol. The zero-order valence-corrected chi connectivity index (χ0v) is 19.8. The van der Waals surface area contributed by atoms with Gasteiger partial charge in [-0.25, -0.2) is 0 Å². The first-order valence-electron chi connectivity index (χ1n) is 11.8. The van der Waals surface area contributed by atoms with Crippen molar-refractivity contribution in [1.29, 1.82) is 0 Å². The summed E-state index contributed by atoms with van der Waals surface area (Å²) in [6, 6.07) is 0.158. The number of hydrogen-bond donors (Lipinski definition) is 1. The Morgan fingerprint density at radius 2 is 1.27 bits per heavy atom. The van der Waals surface area contributed by atoms with Crippen LogP contribution in [0.1, 0.15) is 85.5 Å². The zero-order valence-electron chi connectivity index (χ0n) is 19.8. The van der Waals surface area contributed by atoms with Gasteiger partial charge in [0.05, 0.1) is 0 Å². The van der Waals surface area contributed by atoms with Crippen LogP contribution in [0, 0.1) is 0 Å². The lowest BCUT2D eigenvalue weighted by Gasteiger charge is -2.17. The molecule has 0 aromatic rings. The maximum atomic E-state index is 11.9. The summed E-state index contributed by atoms with van der Waals surface area (Å²) in [6.07, 6.45) is 30.9. The summed E-state index contributed by atoms with van der Waals surface area (Å²) >= 11 is 0. The van der Waals surface area contributed by atoms with E-state index in [9.17, 15) is 4.79 Å². The second kappa shape index (κ2) is 21.8. The molecule has 0 fully saturated rings. The summed E-state index contributed by atoms with van der Waals surface area (Å²) in [5.74, 6) is 0.00493. The second-order valence-corrected chi connectivity index (χ2v) is 7.63. The molecule has 1 N–H and O–H groups in total. The molecule has 0 radical (unpaired) electrons. The van der Waals surface area contributed by atoms with Crippen molar-refractivity contribution in [3.05, 3.63) is 60.8 Å². The number of carbonyl (C=O) groups excluding carboxylic acids is 1. The van der Waals surface area contributed by atoms with Gasteiger partial charge in [0.1, 0.15) is 6.10 Å². The van der Waals surface area contributed by atoms with E-state index in [1.54, 1.807) is 0 Å². The van der Waals surface area contributed by atoms with Gasteiger partial charge in [-0.05, 0) is 71.6 Å². The fraction of sp³-hybridized carbons (Fsp3) is 0.593. The van der Waals surface area contributed by atoms with Gasteiger partial charge in [0, 0.05) is 12.6 Å². The molecule has 3 heteroatoms. The molecule has 0 aliphatic carbocycles. The van der Waals surface area contributed by atoms with E-state index in [1.807, 2.05) is 20.8 Å². The lowest BCUT2D eigenvalue weighted by Crippen LogP contribution is -2.40. The smallest absolute Gasteiger partial charge is 0.249 e. The summed E-state index contributed by atoms with van der Waals surface area (Å²) in [7, 11) is 0. The Morgan fingerprint density at radius 3 is 1.73 bits per heavy atom. The average Bonchev–Trinajstić information content (AvgIpc) is 2.72. The van der Waals surface area contributed by atoms with Gasteiger partial charge in [-0.15, -0.1) is 0 Å². The number of hydrogen-bond acceptors (Lipinski definition) is 2. The van der Waals surface area contributed by atoms with Crippen LogP contribution in [-0.2, 0) is 9.53 Å². The number of carbonyl (C=O) groups is 1. The minimum absolute atomic E-state index is 0.00493. The summed E-state index contributed by atoms with van der Waals surface area (Å²) in [4.78, 5) is 11.9. The van der Waals surface area contributed by atoms with Crippen LogP contribution in [-0.4, -0.2) is 24.7 Å². The lowest BCUT2D eigenvalue weighted by atomic mass is 10.2. The monoisotopic (exact) mass is 415 g/mol. The van der Waals surface area contributed by atoms with Crippen LogP contribution in [0.5, 0.6) is 0 Å². The zero-order chi connectivity index (χ0) is 22.3. The van der Waals surface area contributed by atoms with E-state index in [-0.39, 0.29) is 18.1 Å². The quantitative estimate of drug-likeness (QED) is 0.189. The Morgan fingerprint density at radius 1 is 0.767 bits per heavy atom. The molecule has 1 atom stereocenters. The highest BCUT2D eigenvalue weighted by atomic mass is 16.5. The fourth-order valence-corrected chi connectivity index (χ4v) is 2.71. The highest BCUT2D eigenvalue weighted by molar-refractivity contribution is 5.80. The molecule has 0 aliphatic rings. The number of unbranched alkanes of at least 4 members (excludes halogenated alkanes) is 2. The Kier molecular flexibility index (Phi) is 20.5. The van der Waals surface area contributed by atoms with Crippen LogP contribution in [0.15, 0.2) is 60.8 Å². The van der Waals surface area contributed by atoms with E-state index in [2.05, 4.69) is 73.0 Å². The van der Waals surface area contributed by atoms with Crippen molar-refractivity contribution in [1.82, 2.24) is 5.32 Å². The third-order valence-electron chi connectivity index (χ3n) is 4.34. The minimum atomic E-state index is -0.318.